The van der Waals surface area contributed by atoms with E-state index >= 15 is 0 Å². The standard InChI is InChI=1S/C18H15Cl2NO3/c19-11-2-3-12(15(20)8-11)10-1-4-16-13(7-10)14-9-21(18(22)23)6-5-17(14)24-16/h1-4,7-8,14,17H,5-6,9H2,(H,22,23). The van der Waals surface area contributed by atoms with Crippen LogP contribution in [0.15, 0.2) is 36.4 Å². The lowest BCUT2D eigenvalue weighted by Crippen LogP contribution is -2.43. The van der Waals surface area contributed by atoms with Crippen molar-refractivity contribution < 1.29 is 14.6 Å². The Hall–Kier alpha value is -1.91. The molecule has 0 aliphatic carbocycles. The molecule has 1 fully saturated rings. The Balaban J connectivity index is 1.71. The van der Waals surface area contributed by atoms with Crippen LogP contribution in [0.3, 0.4) is 0 Å². The summed E-state index contributed by atoms with van der Waals surface area (Å²) in [6.07, 6.45) is -0.117. The molecule has 6 heteroatoms. The number of rotatable bonds is 1. The Bertz CT molecular complexity index is 824. The number of carboxylic acid groups (broad SMARTS) is 1. The van der Waals surface area contributed by atoms with Gasteiger partial charge in [0.1, 0.15) is 11.9 Å². The van der Waals surface area contributed by atoms with Crippen molar-refractivity contribution in [1.82, 2.24) is 4.90 Å². The molecule has 0 spiro atoms. The highest BCUT2D eigenvalue weighted by molar-refractivity contribution is 6.36. The number of hydrogen-bond donors (Lipinski definition) is 1. The summed E-state index contributed by atoms with van der Waals surface area (Å²) in [5.41, 5.74) is 2.93. The number of ether oxygens (including phenoxy) is 1. The first-order chi connectivity index (χ1) is 11.5. The molecule has 4 rings (SSSR count). The Morgan fingerprint density at radius 1 is 1.21 bits per heavy atom. The predicted molar refractivity (Wildman–Crippen MR) is 93.3 cm³/mol. The van der Waals surface area contributed by atoms with E-state index in [0.29, 0.717) is 29.6 Å². The molecule has 1 saturated heterocycles. The number of likely N-dealkylation sites (tertiary alicyclic amines) is 1. The summed E-state index contributed by atoms with van der Waals surface area (Å²) in [6, 6.07) is 11.4. The van der Waals surface area contributed by atoms with E-state index < -0.39 is 6.09 Å². The van der Waals surface area contributed by atoms with Crippen molar-refractivity contribution in [2.24, 2.45) is 0 Å². The lowest BCUT2D eigenvalue weighted by Gasteiger charge is -2.32. The SMILES string of the molecule is O=C(O)N1CCC2Oc3ccc(-c4ccc(Cl)cc4Cl)cc3C2C1. The summed E-state index contributed by atoms with van der Waals surface area (Å²) in [7, 11) is 0. The fraction of sp³-hybridized carbons (Fsp3) is 0.278. The monoisotopic (exact) mass is 363 g/mol. The topological polar surface area (TPSA) is 49.8 Å². The molecule has 24 heavy (non-hydrogen) atoms. The number of halogens is 2. The highest BCUT2D eigenvalue weighted by atomic mass is 35.5. The van der Waals surface area contributed by atoms with E-state index in [2.05, 4.69) is 6.07 Å². The van der Waals surface area contributed by atoms with Gasteiger partial charge in [0.2, 0.25) is 0 Å². The fourth-order valence-electron chi connectivity index (χ4n) is 3.54. The summed E-state index contributed by atoms with van der Waals surface area (Å²) in [6.45, 7) is 0.977. The van der Waals surface area contributed by atoms with Crippen LogP contribution in [0.4, 0.5) is 4.79 Å². The number of amides is 1. The maximum absolute atomic E-state index is 11.3. The van der Waals surface area contributed by atoms with Gasteiger partial charge in [-0.2, -0.15) is 0 Å². The minimum Gasteiger partial charge on any atom is -0.489 e. The van der Waals surface area contributed by atoms with E-state index in [4.69, 9.17) is 27.9 Å². The molecule has 2 aromatic rings. The molecular weight excluding hydrogens is 349 g/mol. The van der Waals surface area contributed by atoms with Gasteiger partial charge in [-0.3, -0.25) is 0 Å². The van der Waals surface area contributed by atoms with E-state index in [-0.39, 0.29) is 12.0 Å². The number of carbonyl (C=O) groups is 1. The zero-order chi connectivity index (χ0) is 16.8. The summed E-state index contributed by atoms with van der Waals surface area (Å²) in [5, 5.41) is 10.4. The first-order valence-corrected chi connectivity index (χ1v) is 8.52. The van der Waals surface area contributed by atoms with E-state index in [1.165, 1.54) is 4.90 Å². The van der Waals surface area contributed by atoms with E-state index in [0.717, 1.165) is 22.4 Å². The molecule has 0 bridgehead atoms. The molecule has 2 aliphatic heterocycles. The molecule has 2 aromatic carbocycles. The van der Waals surface area contributed by atoms with Crippen molar-refractivity contribution in [2.45, 2.75) is 18.4 Å². The van der Waals surface area contributed by atoms with Crippen molar-refractivity contribution >= 4 is 29.3 Å². The lowest BCUT2D eigenvalue weighted by molar-refractivity contribution is 0.0900. The van der Waals surface area contributed by atoms with Gasteiger partial charge >= 0.3 is 6.09 Å². The number of nitrogens with zero attached hydrogens (tertiary/aromatic N) is 1. The summed E-state index contributed by atoms with van der Waals surface area (Å²) < 4.78 is 6.01. The molecule has 1 amide bonds. The zero-order valence-electron chi connectivity index (χ0n) is 12.7. The highest BCUT2D eigenvalue weighted by Crippen LogP contribution is 2.44. The number of fused-ring (bicyclic) bond motifs is 3. The van der Waals surface area contributed by atoms with Crippen LogP contribution in [0.1, 0.15) is 17.9 Å². The van der Waals surface area contributed by atoms with Gasteiger partial charge < -0.3 is 14.7 Å². The van der Waals surface area contributed by atoms with Crippen LogP contribution in [0.5, 0.6) is 5.75 Å². The quantitative estimate of drug-likeness (QED) is 0.784. The maximum atomic E-state index is 11.3. The molecule has 0 saturated carbocycles. The van der Waals surface area contributed by atoms with Gasteiger partial charge in [0.05, 0.1) is 0 Å². The third-order valence-corrected chi connectivity index (χ3v) is 5.30. The minimum atomic E-state index is -0.876. The second-order valence-corrected chi connectivity index (χ2v) is 7.00. The average molecular weight is 364 g/mol. The molecule has 2 heterocycles. The van der Waals surface area contributed by atoms with E-state index in [9.17, 15) is 9.90 Å². The van der Waals surface area contributed by atoms with Crippen LogP contribution in [-0.2, 0) is 0 Å². The zero-order valence-corrected chi connectivity index (χ0v) is 14.2. The molecule has 2 atom stereocenters. The third kappa shape index (κ3) is 2.60. The normalized spacial score (nSPS) is 21.8. The Kier molecular flexibility index (Phi) is 3.82. The second kappa shape index (κ2) is 5.87. The Labute approximate surface area is 149 Å². The van der Waals surface area contributed by atoms with Crippen molar-refractivity contribution in [1.29, 1.82) is 0 Å². The van der Waals surface area contributed by atoms with Crippen LogP contribution in [0, 0.1) is 0 Å². The molecule has 0 radical (unpaired) electrons. The molecule has 4 nitrogen and oxygen atoms in total. The van der Waals surface area contributed by atoms with Crippen molar-refractivity contribution in [3.8, 4) is 16.9 Å². The van der Waals surface area contributed by atoms with Crippen molar-refractivity contribution in [2.75, 3.05) is 13.1 Å². The molecular formula is C18H15Cl2NO3. The van der Waals surface area contributed by atoms with E-state index in [1.807, 2.05) is 24.3 Å². The van der Waals surface area contributed by atoms with Crippen molar-refractivity contribution in [3.05, 3.63) is 52.0 Å². The Morgan fingerprint density at radius 3 is 2.79 bits per heavy atom. The van der Waals surface area contributed by atoms with Gasteiger partial charge in [-0.25, -0.2) is 4.79 Å². The smallest absolute Gasteiger partial charge is 0.407 e. The largest absolute Gasteiger partial charge is 0.489 e. The summed E-state index contributed by atoms with van der Waals surface area (Å²) in [5.74, 6) is 0.905. The number of benzene rings is 2. The minimum absolute atomic E-state index is 0.0477. The van der Waals surface area contributed by atoms with Crippen LogP contribution in [0.2, 0.25) is 10.0 Å². The maximum Gasteiger partial charge on any atom is 0.407 e. The number of piperidine rings is 1. The van der Waals surface area contributed by atoms with Crippen LogP contribution >= 0.6 is 23.2 Å². The molecule has 2 unspecified atom stereocenters. The van der Waals surface area contributed by atoms with Gasteiger partial charge in [-0.15, -0.1) is 0 Å². The van der Waals surface area contributed by atoms with Crippen LogP contribution < -0.4 is 4.74 Å². The van der Waals surface area contributed by atoms with Crippen LogP contribution in [0.25, 0.3) is 11.1 Å². The first-order valence-electron chi connectivity index (χ1n) is 7.77. The third-order valence-electron chi connectivity index (χ3n) is 4.75. The molecule has 124 valence electrons. The average Bonchev–Trinajstić information content (AvgIpc) is 2.91. The summed E-state index contributed by atoms with van der Waals surface area (Å²) >= 11 is 12.3. The summed E-state index contributed by atoms with van der Waals surface area (Å²) in [4.78, 5) is 12.7. The van der Waals surface area contributed by atoms with Gasteiger partial charge in [-0.1, -0.05) is 35.3 Å². The molecule has 2 aliphatic rings. The van der Waals surface area contributed by atoms with Crippen LogP contribution in [-0.4, -0.2) is 35.3 Å². The van der Waals surface area contributed by atoms with Gasteiger partial charge in [0.25, 0.3) is 0 Å². The van der Waals surface area contributed by atoms with Gasteiger partial charge in [0.15, 0.2) is 0 Å². The Morgan fingerprint density at radius 2 is 2.04 bits per heavy atom. The number of hydrogen-bond acceptors (Lipinski definition) is 2. The highest BCUT2D eigenvalue weighted by Gasteiger charge is 2.40. The lowest BCUT2D eigenvalue weighted by atomic mass is 9.88. The van der Waals surface area contributed by atoms with Gasteiger partial charge in [0, 0.05) is 46.6 Å². The molecule has 1 N–H and O–H groups in total. The van der Waals surface area contributed by atoms with Crippen molar-refractivity contribution in [3.63, 3.8) is 0 Å². The molecule has 0 aromatic heterocycles. The first kappa shape index (κ1) is 15.6. The van der Waals surface area contributed by atoms with Gasteiger partial charge in [-0.05, 0) is 29.8 Å². The second-order valence-electron chi connectivity index (χ2n) is 6.16. The predicted octanol–water partition coefficient (Wildman–Crippen LogP) is 4.89. The van der Waals surface area contributed by atoms with E-state index in [1.54, 1.807) is 6.07 Å². The fourth-order valence-corrected chi connectivity index (χ4v) is 4.06.